The number of hydrogen-bond donors (Lipinski definition) is 1. The molecule has 0 aromatic carbocycles. The van der Waals surface area contributed by atoms with Crippen molar-refractivity contribution in [3.8, 4) is 0 Å². The van der Waals surface area contributed by atoms with Crippen molar-refractivity contribution < 1.29 is 4.74 Å². The first-order valence-corrected chi connectivity index (χ1v) is 6.06. The van der Waals surface area contributed by atoms with Crippen LogP contribution in [0.4, 0.5) is 0 Å². The van der Waals surface area contributed by atoms with Gasteiger partial charge in [0.1, 0.15) is 0 Å². The molecule has 1 aliphatic carbocycles. The van der Waals surface area contributed by atoms with Gasteiger partial charge in [-0.05, 0) is 18.8 Å². The monoisotopic (exact) mass is 199 g/mol. The van der Waals surface area contributed by atoms with Crippen LogP contribution in [0.25, 0.3) is 0 Å². The first kappa shape index (κ1) is 12.0. The van der Waals surface area contributed by atoms with Gasteiger partial charge in [-0.1, -0.05) is 39.0 Å². The van der Waals surface area contributed by atoms with Gasteiger partial charge in [0.2, 0.25) is 0 Å². The van der Waals surface area contributed by atoms with Crippen LogP contribution >= 0.6 is 0 Å². The van der Waals surface area contributed by atoms with E-state index in [1.54, 1.807) is 7.11 Å². The summed E-state index contributed by atoms with van der Waals surface area (Å²) in [5, 5.41) is 0. The molecule has 0 radical (unpaired) electrons. The van der Waals surface area contributed by atoms with E-state index >= 15 is 0 Å². The summed E-state index contributed by atoms with van der Waals surface area (Å²) < 4.78 is 5.44. The molecule has 2 nitrogen and oxygen atoms in total. The van der Waals surface area contributed by atoms with E-state index in [0.29, 0.717) is 0 Å². The lowest BCUT2D eigenvalue weighted by Crippen LogP contribution is -2.37. The Morgan fingerprint density at radius 2 is 2.00 bits per heavy atom. The molecule has 2 atom stereocenters. The maximum absolute atomic E-state index is 6.17. The molecule has 0 spiro atoms. The number of rotatable bonds is 6. The minimum absolute atomic E-state index is 0.253. The van der Waals surface area contributed by atoms with Crippen molar-refractivity contribution in [3.63, 3.8) is 0 Å². The number of hydrogen-bond acceptors (Lipinski definition) is 2. The lowest BCUT2D eigenvalue weighted by atomic mass is 9.94. The SMILES string of the molecule is CCCC(OC)C(N)CC1CCCC1. The molecule has 1 saturated carbocycles. The summed E-state index contributed by atoms with van der Waals surface area (Å²) in [6, 6.07) is 0.253. The number of methoxy groups -OCH3 is 1. The lowest BCUT2D eigenvalue weighted by Gasteiger charge is -2.24. The molecule has 0 aromatic rings. The van der Waals surface area contributed by atoms with Gasteiger partial charge in [-0.25, -0.2) is 0 Å². The van der Waals surface area contributed by atoms with Crippen LogP contribution in [0.15, 0.2) is 0 Å². The summed E-state index contributed by atoms with van der Waals surface area (Å²) in [6.07, 6.45) is 9.29. The highest BCUT2D eigenvalue weighted by Gasteiger charge is 2.23. The fourth-order valence-corrected chi connectivity index (χ4v) is 2.57. The second-order valence-corrected chi connectivity index (χ2v) is 4.61. The predicted molar refractivity (Wildman–Crippen MR) is 60.3 cm³/mol. The van der Waals surface area contributed by atoms with Crippen molar-refractivity contribution in [1.82, 2.24) is 0 Å². The van der Waals surface area contributed by atoms with E-state index in [9.17, 15) is 0 Å². The van der Waals surface area contributed by atoms with Gasteiger partial charge in [0.25, 0.3) is 0 Å². The van der Waals surface area contributed by atoms with Crippen molar-refractivity contribution in [1.29, 1.82) is 0 Å². The van der Waals surface area contributed by atoms with E-state index in [4.69, 9.17) is 10.5 Å². The quantitative estimate of drug-likeness (QED) is 0.714. The normalized spacial score (nSPS) is 22.5. The Morgan fingerprint density at radius 3 is 2.50 bits per heavy atom. The van der Waals surface area contributed by atoms with Crippen molar-refractivity contribution in [2.75, 3.05) is 7.11 Å². The van der Waals surface area contributed by atoms with Crippen LogP contribution in [0.2, 0.25) is 0 Å². The Morgan fingerprint density at radius 1 is 1.36 bits per heavy atom. The number of ether oxygens (including phenoxy) is 1. The fraction of sp³-hybridized carbons (Fsp3) is 1.00. The molecule has 0 bridgehead atoms. The van der Waals surface area contributed by atoms with Gasteiger partial charge in [-0.15, -0.1) is 0 Å². The van der Waals surface area contributed by atoms with Gasteiger partial charge in [0.05, 0.1) is 6.10 Å². The van der Waals surface area contributed by atoms with Gasteiger partial charge < -0.3 is 10.5 Å². The van der Waals surface area contributed by atoms with Crippen LogP contribution in [0.5, 0.6) is 0 Å². The first-order chi connectivity index (χ1) is 6.77. The molecule has 2 unspecified atom stereocenters. The topological polar surface area (TPSA) is 35.2 Å². The maximum atomic E-state index is 6.17. The minimum atomic E-state index is 0.253. The second kappa shape index (κ2) is 6.41. The fourth-order valence-electron chi connectivity index (χ4n) is 2.57. The zero-order chi connectivity index (χ0) is 10.4. The molecule has 1 rings (SSSR count). The average Bonchev–Trinajstić information content (AvgIpc) is 2.66. The van der Waals surface area contributed by atoms with E-state index in [1.807, 2.05) is 0 Å². The molecule has 14 heavy (non-hydrogen) atoms. The highest BCUT2D eigenvalue weighted by molar-refractivity contribution is 4.79. The minimum Gasteiger partial charge on any atom is -0.380 e. The van der Waals surface area contributed by atoms with Crippen molar-refractivity contribution in [2.45, 2.75) is 64.0 Å². The van der Waals surface area contributed by atoms with Crippen LogP contribution in [0.1, 0.15) is 51.9 Å². The van der Waals surface area contributed by atoms with Crippen molar-refractivity contribution in [3.05, 3.63) is 0 Å². The predicted octanol–water partition coefficient (Wildman–Crippen LogP) is 2.71. The standard InChI is InChI=1S/C12H25NO/c1-3-6-12(14-2)11(13)9-10-7-4-5-8-10/h10-12H,3-9,13H2,1-2H3. The first-order valence-electron chi connectivity index (χ1n) is 6.06. The molecule has 2 N–H and O–H groups in total. The van der Waals surface area contributed by atoms with Gasteiger partial charge in [0, 0.05) is 13.2 Å². The van der Waals surface area contributed by atoms with E-state index in [0.717, 1.165) is 18.8 Å². The van der Waals surface area contributed by atoms with Crippen LogP contribution < -0.4 is 5.73 Å². The summed E-state index contributed by atoms with van der Waals surface area (Å²) in [4.78, 5) is 0. The summed E-state index contributed by atoms with van der Waals surface area (Å²) in [6.45, 7) is 2.19. The van der Waals surface area contributed by atoms with Gasteiger partial charge in [-0.2, -0.15) is 0 Å². The van der Waals surface area contributed by atoms with Gasteiger partial charge in [-0.3, -0.25) is 0 Å². The lowest BCUT2D eigenvalue weighted by molar-refractivity contribution is 0.0653. The molecule has 0 heterocycles. The summed E-state index contributed by atoms with van der Waals surface area (Å²) in [7, 11) is 1.79. The van der Waals surface area contributed by atoms with Crippen LogP contribution in [-0.2, 0) is 4.74 Å². The zero-order valence-corrected chi connectivity index (χ0v) is 9.67. The van der Waals surface area contributed by atoms with E-state index in [-0.39, 0.29) is 12.1 Å². The molecule has 0 aliphatic heterocycles. The molecule has 1 aliphatic rings. The van der Waals surface area contributed by atoms with Crippen LogP contribution in [0, 0.1) is 5.92 Å². The van der Waals surface area contributed by atoms with Crippen LogP contribution in [0.3, 0.4) is 0 Å². The van der Waals surface area contributed by atoms with Crippen molar-refractivity contribution in [2.24, 2.45) is 11.7 Å². The Hall–Kier alpha value is -0.0800. The Labute approximate surface area is 88.2 Å². The third-order valence-electron chi connectivity index (χ3n) is 3.43. The average molecular weight is 199 g/mol. The number of nitrogens with two attached hydrogens (primary N) is 1. The molecule has 84 valence electrons. The molecule has 0 amide bonds. The van der Waals surface area contributed by atoms with Crippen molar-refractivity contribution >= 4 is 0 Å². The molecule has 0 saturated heterocycles. The third-order valence-corrected chi connectivity index (χ3v) is 3.43. The Balaban J connectivity index is 2.26. The highest BCUT2D eigenvalue weighted by atomic mass is 16.5. The zero-order valence-electron chi connectivity index (χ0n) is 9.67. The van der Waals surface area contributed by atoms with E-state index in [2.05, 4.69) is 6.92 Å². The van der Waals surface area contributed by atoms with Gasteiger partial charge >= 0.3 is 0 Å². The second-order valence-electron chi connectivity index (χ2n) is 4.61. The third kappa shape index (κ3) is 3.58. The smallest absolute Gasteiger partial charge is 0.0722 e. The molecule has 0 aromatic heterocycles. The van der Waals surface area contributed by atoms with E-state index in [1.165, 1.54) is 32.1 Å². The maximum Gasteiger partial charge on any atom is 0.0722 e. The molecule has 1 fully saturated rings. The largest absolute Gasteiger partial charge is 0.380 e. The molecular weight excluding hydrogens is 174 g/mol. The summed E-state index contributed by atoms with van der Waals surface area (Å²) in [5.41, 5.74) is 6.17. The molecule has 2 heteroatoms. The summed E-state index contributed by atoms with van der Waals surface area (Å²) >= 11 is 0. The molecular formula is C12H25NO. The highest BCUT2D eigenvalue weighted by Crippen LogP contribution is 2.29. The Bertz CT molecular complexity index is 143. The Kier molecular flexibility index (Phi) is 5.49. The summed E-state index contributed by atoms with van der Waals surface area (Å²) in [5.74, 6) is 0.875. The van der Waals surface area contributed by atoms with Crippen LogP contribution in [-0.4, -0.2) is 19.3 Å². The van der Waals surface area contributed by atoms with E-state index < -0.39 is 0 Å². The van der Waals surface area contributed by atoms with Gasteiger partial charge in [0.15, 0.2) is 0 Å².